The molecular weight excluding hydrogens is 336 g/mol. The van der Waals surface area contributed by atoms with Crippen molar-refractivity contribution in [3.8, 4) is 11.5 Å². The largest absolute Gasteiger partial charge is 0.486 e. The number of hydrogen-bond acceptors (Lipinski definition) is 5. The second-order valence-electron chi connectivity index (χ2n) is 5.14. The Morgan fingerprint density at radius 1 is 1.00 bits per heavy atom. The molecule has 0 bridgehead atoms. The summed E-state index contributed by atoms with van der Waals surface area (Å²) in [5.41, 5.74) is 0.117. The molecule has 1 aliphatic heterocycles. The van der Waals surface area contributed by atoms with Crippen molar-refractivity contribution in [1.82, 2.24) is 0 Å². The van der Waals surface area contributed by atoms with Gasteiger partial charge < -0.3 is 19.5 Å². The van der Waals surface area contributed by atoms with E-state index in [9.17, 15) is 18.4 Å². The van der Waals surface area contributed by atoms with Crippen LogP contribution in [0.1, 0.15) is 10.4 Å². The van der Waals surface area contributed by atoms with Crippen molar-refractivity contribution in [1.29, 1.82) is 0 Å². The fraction of sp³-hybridized carbons (Fsp3) is 0.176. The monoisotopic (exact) mass is 349 g/mol. The molecule has 0 unspecified atom stereocenters. The van der Waals surface area contributed by atoms with Gasteiger partial charge in [0.1, 0.15) is 24.8 Å². The van der Waals surface area contributed by atoms with Crippen molar-refractivity contribution in [2.75, 3.05) is 25.1 Å². The number of carbonyl (C=O) groups excluding carboxylic acids is 2. The molecular formula is C17H13F2NO5. The number of ether oxygens (including phenoxy) is 3. The number of carbonyl (C=O) groups is 2. The number of nitrogens with one attached hydrogen (secondary N) is 1. The van der Waals surface area contributed by atoms with Crippen LogP contribution < -0.4 is 14.8 Å². The average molecular weight is 349 g/mol. The van der Waals surface area contributed by atoms with Crippen LogP contribution in [0.3, 0.4) is 0 Å². The number of hydrogen-bond donors (Lipinski definition) is 1. The van der Waals surface area contributed by atoms with E-state index >= 15 is 0 Å². The van der Waals surface area contributed by atoms with Gasteiger partial charge in [-0.3, -0.25) is 4.79 Å². The highest BCUT2D eigenvalue weighted by Gasteiger charge is 2.15. The summed E-state index contributed by atoms with van der Waals surface area (Å²) in [7, 11) is 0. The Kier molecular flexibility index (Phi) is 4.78. The zero-order valence-corrected chi connectivity index (χ0v) is 12.9. The van der Waals surface area contributed by atoms with Crippen LogP contribution in [-0.2, 0) is 9.53 Å². The van der Waals surface area contributed by atoms with Crippen molar-refractivity contribution in [2.45, 2.75) is 0 Å². The smallest absolute Gasteiger partial charge is 0.338 e. The highest BCUT2D eigenvalue weighted by molar-refractivity contribution is 5.95. The third kappa shape index (κ3) is 4.23. The Balaban J connectivity index is 1.56. The van der Waals surface area contributed by atoms with Crippen LogP contribution in [-0.4, -0.2) is 31.7 Å². The van der Waals surface area contributed by atoms with Gasteiger partial charge in [-0.05, 0) is 24.3 Å². The lowest BCUT2D eigenvalue weighted by Crippen LogP contribution is -2.21. The minimum absolute atomic E-state index is 0.315. The van der Waals surface area contributed by atoms with Crippen LogP contribution >= 0.6 is 0 Å². The van der Waals surface area contributed by atoms with E-state index in [-0.39, 0.29) is 5.56 Å². The van der Waals surface area contributed by atoms with Gasteiger partial charge >= 0.3 is 5.97 Å². The fourth-order valence-electron chi connectivity index (χ4n) is 2.20. The average Bonchev–Trinajstić information content (AvgIpc) is 2.58. The SMILES string of the molecule is O=C(COC(=O)c1cc(F)cc(F)c1)Nc1ccc2c(c1)OCCO2. The quantitative estimate of drug-likeness (QED) is 0.859. The summed E-state index contributed by atoms with van der Waals surface area (Å²) in [4.78, 5) is 23.6. The summed E-state index contributed by atoms with van der Waals surface area (Å²) < 4.78 is 41.6. The zero-order valence-electron chi connectivity index (χ0n) is 12.9. The van der Waals surface area contributed by atoms with Gasteiger partial charge in [-0.15, -0.1) is 0 Å². The third-order valence-electron chi connectivity index (χ3n) is 3.26. The molecule has 0 aliphatic carbocycles. The molecule has 8 heteroatoms. The summed E-state index contributed by atoms with van der Waals surface area (Å²) in [5, 5.41) is 2.52. The van der Waals surface area contributed by atoms with Crippen LogP contribution in [0.5, 0.6) is 11.5 Å². The lowest BCUT2D eigenvalue weighted by atomic mass is 10.2. The normalized spacial score (nSPS) is 12.4. The molecule has 1 heterocycles. The second kappa shape index (κ2) is 7.16. The van der Waals surface area contributed by atoms with Crippen molar-refractivity contribution in [3.05, 3.63) is 53.6 Å². The van der Waals surface area contributed by atoms with Gasteiger partial charge in [0.25, 0.3) is 5.91 Å². The van der Waals surface area contributed by atoms with Gasteiger partial charge in [-0.25, -0.2) is 13.6 Å². The fourth-order valence-corrected chi connectivity index (χ4v) is 2.20. The van der Waals surface area contributed by atoms with Gasteiger partial charge in [0.2, 0.25) is 0 Å². The van der Waals surface area contributed by atoms with Gasteiger partial charge in [-0.1, -0.05) is 0 Å². The standard InChI is InChI=1S/C17H13F2NO5/c18-11-5-10(6-12(19)7-11)17(22)25-9-16(21)20-13-1-2-14-15(8-13)24-4-3-23-14/h1-2,5-8H,3-4,9H2,(H,20,21). The van der Waals surface area contributed by atoms with Gasteiger partial charge in [0.05, 0.1) is 5.56 Å². The molecule has 2 aromatic rings. The van der Waals surface area contributed by atoms with Gasteiger partial charge in [-0.2, -0.15) is 0 Å². The lowest BCUT2D eigenvalue weighted by Gasteiger charge is -2.19. The number of benzene rings is 2. The molecule has 0 radical (unpaired) electrons. The van der Waals surface area contributed by atoms with E-state index < -0.39 is 30.1 Å². The van der Waals surface area contributed by atoms with Crippen molar-refractivity contribution in [2.24, 2.45) is 0 Å². The number of amides is 1. The van der Waals surface area contributed by atoms with E-state index in [1.165, 1.54) is 0 Å². The Labute approximate surface area is 141 Å². The molecule has 3 rings (SSSR count). The van der Waals surface area contributed by atoms with Gasteiger partial charge in [0.15, 0.2) is 18.1 Å². The zero-order chi connectivity index (χ0) is 17.8. The molecule has 130 valence electrons. The first-order valence-corrected chi connectivity index (χ1v) is 7.34. The predicted molar refractivity (Wildman–Crippen MR) is 82.7 cm³/mol. The molecule has 1 N–H and O–H groups in total. The molecule has 1 amide bonds. The number of anilines is 1. The highest BCUT2D eigenvalue weighted by Crippen LogP contribution is 2.32. The highest BCUT2D eigenvalue weighted by atomic mass is 19.1. The second-order valence-corrected chi connectivity index (χ2v) is 5.14. The van der Waals surface area contributed by atoms with E-state index in [1.807, 2.05) is 0 Å². The first-order chi connectivity index (χ1) is 12.0. The van der Waals surface area contributed by atoms with Crippen LogP contribution in [0.15, 0.2) is 36.4 Å². The maximum Gasteiger partial charge on any atom is 0.338 e. The molecule has 0 spiro atoms. The first kappa shape index (κ1) is 16.7. The number of rotatable bonds is 4. The van der Waals surface area contributed by atoms with E-state index in [4.69, 9.17) is 14.2 Å². The van der Waals surface area contributed by atoms with Crippen molar-refractivity contribution < 1.29 is 32.6 Å². The molecule has 0 saturated heterocycles. The van der Waals surface area contributed by atoms with E-state index in [0.29, 0.717) is 36.5 Å². The number of halogens is 2. The van der Waals surface area contributed by atoms with E-state index in [2.05, 4.69) is 5.32 Å². The Morgan fingerprint density at radius 3 is 2.40 bits per heavy atom. The van der Waals surface area contributed by atoms with E-state index in [0.717, 1.165) is 12.1 Å². The van der Waals surface area contributed by atoms with E-state index in [1.54, 1.807) is 18.2 Å². The Bertz CT molecular complexity index is 804. The molecule has 25 heavy (non-hydrogen) atoms. The molecule has 0 aromatic heterocycles. The summed E-state index contributed by atoms with van der Waals surface area (Å²) in [6.45, 7) is 0.257. The molecule has 0 atom stereocenters. The molecule has 6 nitrogen and oxygen atoms in total. The van der Waals surface area contributed by atoms with Crippen molar-refractivity contribution >= 4 is 17.6 Å². The minimum atomic E-state index is -1.00. The molecule has 0 fully saturated rings. The Morgan fingerprint density at radius 2 is 1.68 bits per heavy atom. The summed E-state index contributed by atoms with van der Waals surface area (Å²) in [5.74, 6) is -2.36. The maximum absolute atomic E-state index is 13.1. The van der Waals surface area contributed by atoms with Gasteiger partial charge in [0, 0.05) is 17.8 Å². The van der Waals surface area contributed by atoms with Crippen LogP contribution in [0.4, 0.5) is 14.5 Å². The van der Waals surface area contributed by atoms with Crippen molar-refractivity contribution in [3.63, 3.8) is 0 Å². The number of fused-ring (bicyclic) bond motifs is 1. The predicted octanol–water partition coefficient (Wildman–Crippen LogP) is 2.53. The summed E-state index contributed by atoms with van der Waals surface area (Å²) in [6, 6.07) is 7.11. The third-order valence-corrected chi connectivity index (χ3v) is 3.26. The lowest BCUT2D eigenvalue weighted by molar-refractivity contribution is -0.119. The first-order valence-electron chi connectivity index (χ1n) is 7.34. The molecule has 1 aliphatic rings. The molecule has 0 saturated carbocycles. The summed E-state index contributed by atoms with van der Waals surface area (Å²) >= 11 is 0. The van der Waals surface area contributed by atoms with Crippen LogP contribution in [0, 0.1) is 11.6 Å². The molecule has 2 aromatic carbocycles. The Hall–Kier alpha value is -3.16. The van der Waals surface area contributed by atoms with Crippen LogP contribution in [0.25, 0.3) is 0 Å². The van der Waals surface area contributed by atoms with Crippen LogP contribution in [0.2, 0.25) is 0 Å². The maximum atomic E-state index is 13.1. The summed E-state index contributed by atoms with van der Waals surface area (Å²) in [6.07, 6.45) is 0. The topological polar surface area (TPSA) is 73.9 Å². The minimum Gasteiger partial charge on any atom is -0.486 e. The number of esters is 1.